The van der Waals surface area contributed by atoms with Crippen molar-refractivity contribution in [1.82, 2.24) is 0 Å². The Morgan fingerprint density at radius 2 is 1.59 bits per heavy atom. The molecule has 0 aromatic heterocycles. The van der Waals surface area contributed by atoms with Crippen molar-refractivity contribution in [2.45, 2.75) is 26.8 Å². The van der Waals surface area contributed by atoms with Crippen LogP contribution in [-0.2, 0) is 28.6 Å². The van der Waals surface area contributed by atoms with Crippen LogP contribution in [0.4, 0.5) is 5.69 Å². The Kier molecular flexibility index (Phi) is 6.43. The number of fused-ring (bicyclic) bond motifs is 1. The minimum absolute atomic E-state index is 0.0135. The van der Waals surface area contributed by atoms with Crippen molar-refractivity contribution in [3.63, 3.8) is 0 Å². The molecule has 1 N–H and O–H groups in total. The van der Waals surface area contributed by atoms with Gasteiger partial charge in [0.05, 0.1) is 19.8 Å². The zero-order valence-corrected chi connectivity index (χ0v) is 15.9. The summed E-state index contributed by atoms with van der Waals surface area (Å²) in [6.45, 7) is 4.37. The lowest BCUT2D eigenvalue weighted by molar-refractivity contribution is -0.173. The summed E-state index contributed by atoms with van der Waals surface area (Å²) in [5.74, 6) is -4.27. The first kappa shape index (κ1) is 20.7. The van der Waals surface area contributed by atoms with Crippen LogP contribution in [0.2, 0.25) is 5.02 Å². The highest BCUT2D eigenvalue weighted by molar-refractivity contribution is 6.34. The second-order valence-corrected chi connectivity index (χ2v) is 6.03. The van der Waals surface area contributed by atoms with Gasteiger partial charge in [-0.25, -0.2) is 4.79 Å². The minimum atomic E-state index is -2.57. The van der Waals surface area contributed by atoms with Crippen molar-refractivity contribution in [2.24, 2.45) is 5.41 Å². The van der Waals surface area contributed by atoms with Gasteiger partial charge in [-0.1, -0.05) is 11.6 Å². The van der Waals surface area contributed by atoms with E-state index in [0.717, 1.165) is 0 Å². The van der Waals surface area contributed by atoms with Crippen molar-refractivity contribution >= 4 is 41.0 Å². The highest BCUT2D eigenvalue weighted by atomic mass is 35.5. The molecule has 0 saturated carbocycles. The molecular formula is C18H20ClNO7. The van der Waals surface area contributed by atoms with Crippen LogP contribution in [0.15, 0.2) is 18.2 Å². The Hall–Kier alpha value is -2.61. The van der Waals surface area contributed by atoms with Crippen molar-refractivity contribution in [3.8, 4) is 0 Å². The third-order valence-corrected chi connectivity index (χ3v) is 4.27. The highest BCUT2D eigenvalue weighted by Gasteiger charge is 2.66. The van der Waals surface area contributed by atoms with Gasteiger partial charge < -0.3 is 19.5 Å². The number of benzene rings is 1. The molecule has 1 aliphatic heterocycles. The number of nitrogens with one attached hydrogen (secondary N) is 1. The molecule has 1 atom stereocenters. The van der Waals surface area contributed by atoms with Gasteiger partial charge in [0.2, 0.25) is 0 Å². The number of ketones is 1. The lowest BCUT2D eigenvalue weighted by Gasteiger charge is -2.38. The summed E-state index contributed by atoms with van der Waals surface area (Å²) >= 11 is 5.96. The number of Topliss-reactive ketones (excluding diaryl/α,β-unsaturated/α-hetero) is 1. The van der Waals surface area contributed by atoms with E-state index in [0.29, 0.717) is 0 Å². The maximum absolute atomic E-state index is 13.3. The van der Waals surface area contributed by atoms with Crippen molar-refractivity contribution in [2.75, 3.05) is 25.1 Å². The maximum atomic E-state index is 13.3. The van der Waals surface area contributed by atoms with E-state index in [9.17, 15) is 19.2 Å². The average molecular weight is 398 g/mol. The van der Waals surface area contributed by atoms with E-state index in [1.807, 2.05) is 0 Å². The average Bonchev–Trinajstić information content (AvgIpc) is 2.62. The molecule has 0 spiro atoms. The normalized spacial score (nSPS) is 17.3. The predicted molar refractivity (Wildman–Crippen MR) is 95.5 cm³/mol. The topological polar surface area (TPSA) is 108 Å². The summed E-state index contributed by atoms with van der Waals surface area (Å²) in [7, 11) is 0. The number of anilines is 1. The summed E-state index contributed by atoms with van der Waals surface area (Å²) in [6.07, 6.45) is 0. The zero-order valence-electron chi connectivity index (χ0n) is 15.2. The van der Waals surface area contributed by atoms with Crippen molar-refractivity contribution in [1.29, 1.82) is 0 Å². The molecule has 0 aliphatic carbocycles. The van der Waals surface area contributed by atoms with Crippen molar-refractivity contribution in [3.05, 3.63) is 28.8 Å². The van der Waals surface area contributed by atoms with Crippen LogP contribution in [0.3, 0.4) is 0 Å². The summed E-state index contributed by atoms with van der Waals surface area (Å²) in [5, 5.41) is 2.98. The van der Waals surface area contributed by atoms with Crippen LogP contribution >= 0.6 is 11.6 Å². The zero-order chi connectivity index (χ0) is 20.2. The molecule has 0 bridgehead atoms. The molecule has 9 heteroatoms. The molecule has 1 aliphatic rings. The fourth-order valence-electron chi connectivity index (χ4n) is 2.89. The predicted octanol–water partition coefficient (Wildman–Crippen LogP) is 1.99. The number of rotatable bonds is 6. The fraction of sp³-hybridized carbons (Fsp3) is 0.444. The molecule has 0 saturated heterocycles. The molecule has 2 rings (SSSR count). The summed E-state index contributed by atoms with van der Waals surface area (Å²) in [4.78, 5) is 51.6. The van der Waals surface area contributed by atoms with Gasteiger partial charge in [-0.2, -0.15) is 0 Å². The Morgan fingerprint density at radius 1 is 1.04 bits per heavy atom. The first-order chi connectivity index (χ1) is 12.8. The van der Waals surface area contributed by atoms with Gasteiger partial charge in [0.1, 0.15) is 0 Å². The van der Waals surface area contributed by atoms with E-state index in [1.165, 1.54) is 32.0 Å². The van der Waals surface area contributed by atoms with Gasteiger partial charge >= 0.3 is 17.9 Å². The van der Waals surface area contributed by atoms with Crippen LogP contribution in [0, 0.1) is 5.41 Å². The minimum Gasteiger partial charge on any atom is -0.465 e. The van der Waals surface area contributed by atoms with Gasteiger partial charge in [0.15, 0.2) is 11.8 Å². The summed E-state index contributed by atoms with van der Waals surface area (Å²) in [5.41, 5.74) is -2.36. The van der Waals surface area contributed by atoms with E-state index in [4.69, 9.17) is 25.8 Å². The third kappa shape index (κ3) is 3.49. The van der Waals surface area contributed by atoms with Gasteiger partial charge in [-0.05, 0) is 39.0 Å². The number of halogens is 1. The van der Waals surface area contributed by atoms with Crippen LogP contribution in [0.25, 0.3) is 0 Å². The quantitative estimate of drug-likeness (QED) is 0.441. The number of carbonyl (C=O) groups excluding carboxylic acids is 4. The molecule has 1 heterocycles. The van der Waals surface area contributed by atoms with Gasteiger partial charge in [0.25, 0.3) is 5.41 Å². The molecule has 146 valence electrons. The smallest absolute Gasteiger partial charge is 0.334 e. The van der Waals surface area contributed by atoms with Crippen LogP contribution in [-0.4, -0.2) is 49.6 Å². The highest BCUT2D eigenvalue weighted by Crippen LogP contribution is 2.41. The number of hydrogen-bond acceptors (Lipinski definition) is 8. The first-order valence-electron chi connectivity index (χ1n) is 8.46. The fourth-order valence-corrected chi connectivity index (χ4v) is 3.07. The first-order valence-corrected chi connectivity index (χ1v) is 8.84. The molecular weight excluding hydrogens is 378 g/mol. The number of esters is 3. The Balaban J connectivity index is 2.75. The Bertz CT molecular complexity index is 759. The van der Waals surface area contributed by atoms with E-state index in [-0.39, 0.29) is 36.1 Å². The molecule has 1 aromatic rings. The third-order valence-electron chi connectivity index (χ3n) is 4.03. The number of hydrogen-bond donors (Lipinski definition) is 1. The van der Waals surface area contributed by atoms with Gasteiger partial charge in [-0.3, -0.25) is 14.4 Å². The second kappa shape index (κ2) is 8.39. The molecule has 0 fully saturated rings. The Morgan fingerprint density at radius 3 is 2.11 bits per heavy atom. The molecule has 27 heavy (non-hydrogen) atoms. The van der Waals surface area contributed by atoms with Crippen LogP contribution < -0.4 is 5.32 Å². The van der Waals surface area contributed by atoms with Crippen molar-refractivity contribution < 1.29 is 33.4 Å². The molecule has 1 unspecified atom stereocenters. The second-order valence-electron chi connectivity index (χ2n) is 5.60. The molecule has 0 radical (unpaired) electrons. The Labute approximate surface area is 161 Å². The van der Waals surface area contributed by atoms with E-state index in [2.05, 4.69) is 5.32 Å². The maximum Gasteiger partial charge on any atom is 0.334 e. The molecule has 0 amide bonds. The molecule has 1 aromatic carbocycles. The standard InChI is InChI=1S/C18H20ClNO7/c1-4-25-15(22)13-18(16(23)26-5-2,17(24)27-6-3)14(21)11-9-10(19)7-8-12(11)20-13/h7-9,13,20H,4-6H2,1-3H3. The summed E-state index contributed by atoms with van der Waals surface area (Å²) < 4.78 is 15.0. The SMILES string of the molecule is CCOC(=O)C1Nc2ccc(Cl)cc2C(=O)C1(C(=O)OCC)C(=O)OCC. The van der Waals surface area contributed by atoms with Gasteiger partial charge in [0, 0.05) is 16.3 Å². The summed E-state index contributed by atoms with van der Waals surface area (Å²) in [6, 6.07) is 2.64. The van der Waals surface area contributed by atoms with E-state index < -0.39 is 35.1 Å². The monoisotopic (exact) mass is 397 g/mol. The van der Waals surface area contributed by atoms with E-state index >= 15 is 0 Å². The lowest BCUT2D eigenvalue weighted by Crippen LogP contribution is -2.64. The lowest BCUT2D eigenvalue weighted by atomic mass is 9.70. The largest absolute Gasteiger partial charge is 0.465 e. The van der Waals surface area contributed by atoms with Crippen LogP contribution in [0.5, 0.6) is 0 Å². The number of ether oxygens (including phenoxy) is 3. The van der Waals surface area contributed by atoms with E-state index in [1.54, 1.807) is 6.92 Å². The molecule has 8 nitrogen and oxygen atoms in total. The number of carbonyl (C=O) groups is 4. The van der Waals surface area contributed by atoms with Gasteiger partial charge in [-0.15, -0.1) is 0 Å². The van der Waals surface area contributed by atoms with Crippen LogP contribution in [0.1, 0.15) is 31.1 Å².